The van der Waals surface area contributed by atoms with E-state index in [1.807, 2.05) is 0 Å². The van der Waals surface area contributed by atoms with Crippen molar-refractivity contribution in [2.24, 2.45) is 5.73 Å². The molecular formula is C21H17F3N2O4. The second kappa shape index (κ2) is 7.49. The van der Waals surface area contributed by atoms with Crippen LogP contribution >= 0.6 is 0 Å². The van der Waals surface area contributed by atoms with E-state index in [1.54, 1.807) is 12.1 Å². The Kier molecular flexibility index (Phi) is 4.98. The summed E-state index contributed by atoms with van der Waals surface area (Å²) in [5.74, 6) is -0.778. The van der Waals surface area contributed by atoms with E-state index in [2.05, 4.69) is 4.98 Å². The van der Waals surface area contributed by atoms with E-state index in [-0.39, 0.29) is 47.6 Å². The molecule has 2 aromatic carbocycles. The summed E-state index contributed by atoms with van der Waals surface area (Å²) in [6, 6.07) is 9.08. The van der Waals surface area contributed by atoms with Gasteiger partial charge in [0.05, 0.1) is 11.3 Å². The number of fused-ring (bicyclic) bond motifs is 2. The van der Waals surface area contributed by atoms with Gasteiger partial charge in [-0.25, -0.2) is 0 Å². The normalized spacial score (nSPS) is 15.9. The quantitative estimate of drug-likeness (QED) is 0.665. The van der Waals surface area contributed by atoms with E-state index < -0.39 is 23.9 Å². The molecule has 2 heterocycles. The van der Waals surface area contributed by atoms with Gasteiger partial charge >= 0.3 is 12.1 Å². The number of aromatic nitrogens is 1. The summed E-state index contributed by atoms with van der Waals surface area (Å²) < 4.78 is 53.4. The fourth-order valence-electron chi connectivity index (χ4n) is 3.51. The molecule has 0 bridgehead atoms. The highest BCUT2D eigenvalue weighted by molar-refractivity contribution is 5.91. The number of hydrogen-bond acceptors (Lipinski definition) is 5. The molecule has 3 aromatic rings. The zero-order chi connectivity index (χ0) is 21.5. The smallest absolute Gasteiger partial charge is 0.419 e. The van der Waals surface area contributed by atoms with Gasteiger partial charge in [0, 0.05) is 23.6 Å². The number of benzene rings is 2. The maximum Gasteiger partial charge on any atom is 0.419 e. The molecule has 1 aliphatic heterocycles. The summed E-state index contributed by atoms with van der Waals surface area (Å²) in [4.78, 5) is 15.0. The average Bonchev–Trinajstić information content (AvgIpc) is 2.70. The van der Waals surface area contributed by atoms with Crippen LogP contribution in [-0.4, -0.2) is 28.9 Å². The monoisotopic (exact) mass is 418 g/mol. The van der Waals surface area contributed by atoms with Gasteiger partial charge in [-0.3, -0.25) is 15.5 Å². The highest BCUT2D eigenvalue weighted by atomic mass is 19.4. The molecule has 1 aliphatic rings. The lowest BCUT2D eigenvalue weighted by atomic mass is 9.96. The highest BCUT2D eigenvalue weighted by Gasteiger charge is 2.38. The van der Waals surface area contributed by atoms with Crippen molar-refractivity contribution in [2.75, 3.05) is 6.61 Å². The Balaban J connectivity index is 1.95. The van der Waals surface area contributed by atoms with Crippen molar-refractivity contribution in [2.45, 2.75) is 25.2 Å². The lowest BCUT2D eigenvalue weighted by Crippen LogP contribution is -2.37. The summed E-state index contributed by atoms with van der Waals surface area (Å²) in [6.45, 7) is -0.00615. The first-order chi connectivity index (χ1) is 14.3. The van der Waals surface area contributed by atoms with Crippen molar-refractivity contribution < 1.29 is 32.5 Å². The van der Waals surface area contributed by atoms with E-state index in [0.717, 1.165) is 0 Å². The van der Waals surface area contributed by atoms with Gasteiger partial charge in [-0.1, -0.05) is 30.3 Å². The van der Waals surface area contributed by atoms with Crippen molar-refractivity contribution in [3.05, 3.63) is 53.7 Å². The number of nitrogens with two attached hydrogens (primary N) is 1. The fourth-order valence-corrected chi connectivity index (χ4v) is 3.51. The largest absolute Gasteiger partial charge is 0.484 e. The molecule has 0 unspecified atom stereocenters. The third kappa shape index (κ3) is 3.63. The number of pyridine rings is 1. The number of carbonyl (C=O) groups is 1. The van der Waals surface area contributed by atoms with Crippen LogP contribution in [0.25, 0.3) is 22.0 Å². The third-order valence-electron chi connectivity index (χ3n) is 4.80. The van der Waals surface area contributed by atoms with Gasteiger partial charge in [0.25, 0.3) is 0 Å². The predicted molar refractivity (Wildman–Crippen MR) is 102 cm³/mol. The van der Waals surface area contributed by atoms with Crippen LogP contribution in [0.15, 0.2) is 42.6 Å². The third-order valence-corrected chi connectivity index (χ3v) is 4.80. The SMILES string of the molecule is N[C@@H]1COc2c(CCC(=O)O)ccc(-c3ncc4ccccc4c3C(F)(F)F)c2O1. The van der Waals surface area contributed by atoms with E-state index in [9.17, 15) is 18.0 Å². The van der Waals surface area contributed by atoms with Gasteiger partial charge in [0.1, 0.15) is 6.61 Å². The number of aliphatic carboxylic acids is 1. The van der Waals surface area contributed by atoms with Crippen molar-refractivity contribution in [3.8, 4) is 22.8 Å². The van der Waals surface area contributed by atoms with Crippen LogP contribution in [-0.2, 0) is 17.4 Å². The summed E-state index contributed by atoms with van der Waals surface area (Å²) in [7, 11) is 0. The van der Waals surface area contributed by atoms with Gasteiger partial charge in [0.15, 0.2) is 17.7 Å². The summed E-state index contributed by atoms with van der Waals surface area (Å²) >= 11 is 0. The second-order valence-corrected chi connectivity index (χ2v) is 6.86. The van der Waals surface area contributed by atoms with Crippen LogP contribution in [0.2, 0.25) is 0 Å². The predicted octanol–water partition coefficient (Wildman–Crippen LogP) is 3.99. The molecule has 9 heteroatoms. The van der Waals surface area contributed by atoms with Crippen LogP contribution < -0.4 is 15.2 Å². The molecule has 0 fully saturated rings. The first kappa shape index (κ1) is 20.0. The summed E-state index contributed by atoms with van der Waals surface area (Å²) in [6.07, 6.45) is -4.21. The Morgan fingerprint density at radius 3 is 2.70 bits per heavy atom. The summed E-state index contributed by atoms with van der Waals surface area (Å²) in [5, 5.41) is 9.32. The molecule has 1 atom stereocenters. The van der Waals surface area contributed by atoms with E-state index in [4.69, 9.17) is 20.3 Å². The number of alkyl halides is 3. The highest BCUT2D eigenvalue weighted by Crippen LogP contribution is 2.47. The van der Waals surface area contributed by atoms with Gasteiger partial charge in [0.2, 0.25) is 0 Å². The van der Waals surface area contributed by atoms with Crippen molar-refractivity contribution in [1.82, 2.24) is 4.98 Å². The molecule has 0 saturated carbocycles. The zero-order valence-corrected chi connectivity index (χ0v) is 15.6. The van der Waals surface area contributed by atoms with Gasteiger partial charge in [-0.2, -0.15) is 13.2 Å². The van der Waals surface area contributed by atoms with Crippen molar-refractivity contribution >= 4 is 16.7 Å². The van der Waals surface area contributed by atoms with E-state index in [0.29, 0.717) is 10.9 Å². The number of nitrogens with zero attached hydrogens (tertiary/aromatic N) is 1. The Hall–Kier alpha value is -3.33. The number of carboxylic acid groups (broad SMARTS) is 1. The maximum atomic E-state index is 14.1. The average molecular weight is 418 g/mol. The Labute approximate surface area is 169 Å². The molecule has 0 amide bonds. The summed E-state index contributed by atoms with van der Waals surface area (Å²) in [5.41, 5.74) is 5.20. The van der Waals surface area contributed by atoms with Crippen LogP contribution in [0.1, 0.15) is 17.5 Å². The fraction of sp³-hybridized carbons (Fsp3) is 0.238. The number of hydrogen-bond donors (Lipinski definition) is 2. The number of aryl methyl sites for hydroxylation is 1. The molecule has 30 heavy (non-hydrogen) atoms. The van der Waals surface area contributed by atoms with Crippen LogP contribution in [0.3, 0.4) is 0 Å². The zero-order valence-electron chi connectivity index (χ0n) is 15.6. The molecule has 156 valence electrons. The van der Waals surface area contributed by atoms with Gasteiger partial charge < -0.3 is 14.6 Å². The molecule has 0 spiro atoms. The molecule has 0 aliphatic carbocycles. The molecule has 6 nitrogen and oxygen atoms in total. The van der Waals surface area contributed by atoms with E-state index in [1.165, 1.54) is 30.5 Å². The van der Waals surface area contributed by atoms with Crippen LogP contribution in [0.4, 0.5) is 13.2 Å². The Bertz CT molecular complexity index is 1130. The molecule has 4 rings (SSSR count). The van der Waals surface area contributed by atoms with Crippen LogP contribution in [0, 0.1) is 0 Å². The van der Waals surface area contributed by atoms with Crippen LogP contribution in [0.5, 0.6) is 11.5 Å². The number of ether oxygens (including phenoxy) is 2. The van der Waals surface area contributed by atoms with Gasteiger partial charge in [-0.15, -0.1) is 0 Å². The van der Waals surface area contributed by atoms with E-state index >= 15 is 0 Å². The Morgan fingerprint density at radius 1 is 1.20 bits per heavy atom. The van der Waals surface area contributed by atoms with Gasteiger partial charge in [-0.05, 0) is 23.4 Å². The number of carboxylic acids is 1. The number of rotatable bonds is 4. The standard InChI is InChI=1S/C21H17F3N2O4/c22-21(23,24)17-13-4-2-1-3-12(13)9-26-18(17)14-7-5-11(6-8-16(27)28)19-20(14)30-15(25)10-29-19/h1-5,7,9,15H,6,8,10,25H2,(H,27,28)/t15-/m0/s1. The minimum atomic E-state index is -4.67. The molecule has 0 saturated heterocycles. The first-order valence-corrected chi connectivity index (χ1v) is 9.13. The minimum Gasteiger partial charge on any atom is -0.484 e. The molecule has 0 radical (unpaired) electrons. The lowest BCUT2D eigenvalue weighted by Gasteiger charge is -2.28. The first-order valence-electron chi connectivity index (χ1n) is 9.13. The Morgan fingerprint density at radius 2 is 1.97 bits per heavy atom. The second-order valence-electron chi connectivity index (χ2n) is 6.86. The lowest BCUT2D eigenvalue weighted by molar-refractivity contribution is -0.137. The molecular weight excluding hydrogens is 401 g/mol. The molecule has 3 N–H and O–H groups in total. The van der Waals surface area contributed by atoms with Crippen molar-refractivity contribution in [1.29, 1.82) is 0 Å². The minimum absolute atomic E-state index is 0.00615. The topological polar surface area (TPSA) is 94.7 Å². The number of halogens is 3. The maximum absolute atomic E-state index is 14.1. The van der Waals surface area contributed by atoms with Crippen molar-refractivity contribution in [3.63, 3.8) is 0 Å². The molecule has 1 aromatic heterocycles.